The summed E-state index contributed by atoms with van der Waals surface area (Å²) in [6.07, 6.45) is 2.48. The third kappa shape index (κ3) is 2.57. The van der Waals surface area contributed by atoms with Crippen molar-refractivity contribution < 1.29 is 0 Å². The van der Waals surface area contributed by atoms with Gasteiger partial charge in [-0.15, -0.1) is 0 Å². The van der Waals surface area contributed by atoms with Crippen LogP contribution in [0, 0.1) is 6.92 Å². The zero-order valence-electron chi connectivity index (χ0n) is 9.75. The smallest absolute Gasteiger partial charge is 0.0453 e. The lowest BCUT2D eigenvalue weighted by molar-refractivity contribution is 0.250. The van der Waals surface area contributed by atoms with Crippen molar-refractivity contribution in [1.82, 2.24) is 4.90 Å². The number of halogens is 1. The Morgan fingerprint density at radius 3 is 3.00 bits per heavy atom. The van der Waals surface area contributed by atoms with Crippen LogP contribution in [0.5, 0.6) is 0 Å². The fourth-order valence-corrected chi connectivity index (χ4v) is 2.66. The third-order valence-corrected chi connectivity index (χ3v) is 3.71. The second kappa shape index (κ2) is 5.17. The van der Waals surface area contributed by atoms with E-state index in [9.17, 15) is 0 Å². The van der Waals surface area contributed by atoms with Gasteiger partial charge >= 0.3 is 0 Å². The lowest BCUT2D eigenvalue weighted by Gasteiger charge is -2.23. The van der Waals surface area contributed by atoms with Crippen LogP contribution >= 0.6 is 11.6 Å². The number of hydrogen-bond acceptors (Lipinski definition) is 2. The summed E-state index contributed by atoms with van der Waals surface area (Å²) in [5.41, 5.74) is 8.19. The maximum absolute atomic E-state index is 6.24. The Morgan fingerprint density at radius 1 is 1.50 bits per heavy atom. The van der Waals surface area contributed by atoms with Crippen molar-refractivity contribution >= 4 is 11.6 Å². The number of likely N-dealkylation sites (tertiary alicyclic amines) is 1. The van der Waals surface area contributed by atoms with Gasteiger partial charge in [0.2, 0.25) is 0 Å². The lowest BCUT2D eigenvalue weighted by Crippen LogP contribution is -2.34. The zero-order valence-corrected chi connectivity index (χ0v) is 10.5. The minimum Gasteiger partial charge on any atom is -0.329 e. The number of nitrogens with zero attached hydrogens (tertiary/aromatic N) is 1. The Hall–Kier alpha value is -0.570. The molecule has 0 bridgehead atoms. The molecular weight excluding hydrogens is 220 g/mol. The number of nitrogens with two attached hydrogens (primary N) is 1. The molecule has 3 heteroatoms. The van der Waals surface area contributed by atoms with Crippen LogP contribution in [0.25, 0.3) is 0 Å². The maximum Gasteiger partial charge on any atom is 0.0453 e. The van der Waals surface area contributed by atoms with Crippen molar-refractivity contribution in [3.63, 3.8) is 0 Å². The fourth-order valence-electron chi connectivity index (χ4n) is 2.37. The second-order valence-electron chi connectivity index (χ2n) is 4.60. The molecular formula is C13H19ClN2. The highest BCUT2D eigenvalue weighted by Gasteiger charge is 2.23. The molecule has 1 unspecified atom stereocenters. The van der Waals surface area contributed by atoms with E-state index in [0.717, 1.165) is 24.7 Å². The van der Waals surface area contributed by atoms with Gasteiger partial charge in [0.05, 0.1) is 0 Å². The van der Waals surface area contributed by atoms with Gasteiger partial charge in [-0.3, -0.25) is 4.90 Å². The van der Waals surface area contributed by atoms with E-state index in [4.69, 9.17) is 17.3 Å². The normalized spacial score (nSPS) is 21.6. The standard InChI is InChI=1S/C13H19ClN2/c1-10-4-5-11(13(14)7-10)9-16-6-2-3-12(16)8-15/h4-5,7,12H,2-3,6,8-9,15H2,1H3. The average Bonchev–Trinajstić information content (AvgIpc) is 2.69. The molecule has 0 aromatic heterocycles. The first-order chi connectivity index (χ1) is 7.70. The molecule has 1 fully saturated rings. The zero-order chi connectivity index (χ0) is 11.5. The number of benzene rings is 1. The molecule has 0 aliphatic carbocycles. The van der Waals surface area contributed by atoms with Crippen molar-refractivity contribution in [2.24, 2.45) is 5.73 Å². The van der Waals surface area contributed by atoms with Crippen molar-refractivity contribution in [3.8, 4) is 0 Å². The molecule has 0 radical (unpaired) electrons. The lowest BCUT2D eigenvalue weighted by atomic mass is 10.1. The van der Waals surface area contributed by atoms with E-state index in [1.165, 1.54) is 24.0 Å². The molecule has 16 heavy (non-hydrogen) atoms. The molecule has 1 heterocycles. The van der Waals surface area contributed by atoms with Crippen LogP contribution in [0.1, 0.15) is 24.0 Å². The molecule has 1 aliphatic heterocycles. The Bertz CT molecular complexity index is 365. The molecule has 1 aromatic rings. The minimum absolute atomic E-state index is 0.539. The molecule has 2 rings (SSSR count). The molecule has 1 aliphatic rings. The monoisotopic (exact) mass is 238 g/mol. The summed E-state index contributed by atoms with van der Waals surface area (Å²) in [5, 5.41) is 0.877. The quantitative estimate of drug-likeness (QED) is 0.877. The highest BCUT2D eigenvalue weighted by atomic mass is 35.5. The fraction of sp³-hybridized carbons (Fsp3) is 0.538. The minimum atomic E-state index is 0.539. The van der Waals surface area contributed by atoms with Gasteiger partial charge in [0.25, 0.3) is 0 Å². The molecule has 1 atom stereocenters. The van der Waals surface area contributed by atoms with E-state index in [-0.39, 0.29) is 0 Å². The van der Waals surface area contributed by atoms with E-state index in [2.05, 4.69) is 24.0 Å². The van der Waals surface area contributed by atoms with Gasteiger partial charge in [0, 0.05) is 24.2 Å². The van der Waals surface area contributed by atoms with Gasteiger partial charge in [-0.05, 0) is 43.5 Å². The summed E-state index contributed by atoms with van der Waals surface area (Å²) in [6.45, 7) is 4.89. The molecule has 1 aromatic carbocycles. The van der Waals surface area contributed by atoms with Crippen LogP contribution in [-0.4, -0.2) is 24.0 Å². The van der Waals surface area contributed by atoms with E-state index in [0.29, 0.717) is 6.04 Å². The van der Waals surface area contributed by atoms with E-state index in [1.54, 1.807) is 0 Å². The van der Waals surface area contributed by atoms with Crippen molar-refractivity contribution in [2.75, 3.05) is 13.1 Å². The molecule has 0 saturated carbocycles. The molecule has 0 amide bonds. The Labute approximate surface area is 102 Å². The largest absolute Gasteiger partial charge is 0.329 e. The summed E-state index contributed by atoms with van der Waals surface area (Å²) in [6, 6.07) is 6.82. The molecule has 88 valence electrons. The number of hydrogen-bond donors (Lipinski definition) is 1. The predicted molar refractivity (Wildman–Crippen MR) is 68.7 cm³/mol. The van der Waals surface area contributed by atoms with Gasteiger partial charge in [0.15, 0.2) is 0 Å². The average molecular weight is 239 g/mol. The van der Waals surface area contributed by atoms with Crippen LogP contribution in [0.3, 0.4) is 0 Å². The SMILES string of the molecule is Cc1ccc(CN2CCCC2CN)c(Cl)c1. The molecule has 1 saturated heterocycles. The van der Waals surface area contributed by atoms with Gasteiger partial charge in [0.1, 0.15) is 0 Å². The van der Waals surface area contributed by atoms with Gasteiger partial charge in [-0.1, -0.05) is 23.7 Å². The first-order valence-corrected chi connectivity index (χ1v) is 6.27. The van der Waals surface area contributed by atoms with Crippen molar-refractivity contribution in [2.45, 2.75) is 32.4 Å². The van der Waals surface area contributed by atoms with Gasteiger partial charge in [-0.2, -0.15) is 0 Å². The Morgan fingerprint density at radius 2 is 2.31 bits per heavy atom. The van der Waals surface area contributed by atoms with E-state index < -0.39 is 0 Å². The van der Waals surface area contributed by atoms with Crippen LogP contribution in [-0.2, 0) is 6.54 Å². The van der Waals surface area contributed by atoms with Crippen LogP contribution < -0.4 is 5.73 Å². The third-order valence-electron chi connectivity index (χ3n) is 3.35. The summed E-state index contributed by atoms with van der Waals surface area (Å²) >= 11 is 6.24. The first-order valence-electron chi connectivity index (χ1n) is 5.90. The molecule has 2 N–H and O–H groups in total. The summed E-state index contributed by atoms with van der Waals surface area (Å²) in [5.74, 6) is 0. The highest BCUT2D eigenvalue weighted by molar-refractivity contribution is 6.31. The Kier molecular flexibility index (Phi) is 3.85. The maximum atomic E-state index is 6.24. The number of rotatable bonds is 3. The van der Waals surface area contributed by atoms with E-state index >= 15 is 0 Å². The van der Waals surface area contributed by atoms with Gasteiger partial charge < -0.3 is 5.73 Å². The summed E-state index contributed by atoms with van der Waals surface area (Å²) in [7, 11) is 0. The topological polar surface area (TPSA) is 29.3 Å². The summed E-state index contributed by atoms with van der Waals surface area (Å²) < 4.78 is 0. The van der Waals surface area contributed by atoms with Crippen molar-refractivity contribution in [1.29, 1.82) is 0 Å². The molecule has 2 nitrogen and oxygen atoms in total. The van der Waals surface area contributed by atoms with Crippen LogP contribution in [0.15, 0.2) is 18.2 Å². The van der Waals surface area contributed by atoms with Crippen LogP contribution in [0.4, 0.5) is 0 Å². The van der Waals surface area contributed by atoms with E-state index in [1.807, 2.05) is 6.07 Å². The van der Waals surface area contributed by atoms with Gasteiger partial charge in [-0.25, -0.2) is 0 Å². The first kappa shape index (κ1) is 11.9. The predicted octanol–water partition coefficient (Wildman–Crippen LogP) is 2.57. The van der Waals surface area contributed by atoms with Crippen LogP contribution in [0.2, 0.25) is 5.02 Å². The molecule has 0 spiro atoms. The van der Waals surface area contributed by atoms with Crippen molar-refractivity contribution in [3.05, 3.63) is 34.3 Å². The summed E-state index contributed by atoms with van der Waals surface area (Å²) in [4.78, 5) is 2.44. The highest BCUT2D eigenvalue weighted by Crippen LogP contribution is 2.24. The second-order valence-corrected chi connectivity index (χ2v) is 5.00. The number of aryl methyl sites for hydroxylation is 1. The Balaban J connectivity index is 2.08.